The van der Waals surface area contributed by atoms with Crippen LogP contribution in [-0.4, -0.2) is 15.1 Å². The fourth-order valence-corrected chi connectivity index (χ4v) is 2.57. The minimum Gasteiger partial charge on any atom is -0.441 e. The van der Waals surface area contributed by atoms with Crippen LogP contribution in [0.5, 0.6) is 0 Å². The Labute approximate surface area is 134 Å². The van der Waals surface area contributed by atoms with E-state index in [1.807, 2.05) is 0 Å². The number of halogens is 2. The summed E-state index contributed by atoms with van der Waals surface area (Å²) >= 11 is 6.01. The van der Waals surface area contributed by atoms with Gasteiger partial charge in [0.1, 0.15) is 11.3 Å². The molecule has 0 bridgehead atoms. The monoisotopic (exact) mass is 329 g/mol. The lowest BCUT2D eigenvalue weighted by atomic mass is 10.2. The summed E-state index contributed by atoms with van der Waals surface area (Å²) in [5.41, 5.74) is 2.14. The van der Waals surface area contributed by atoms with E-state index in [0.717, 1.165) is 0 Å². The van der Waals surface area contributed by atoms with E-state index in [4.69, 9.17) is 20.5 Å². The van der Waals surface area contributed by atoms with Crippen LogP contribution in [0.4, 0.5) is 4.39 Å². The maximum Gasteiger partial charge on any atom is 0.262 e. The number of hydrogen-bond donors (Lipinski definition) is 0. The van der Waals surface area contributed by atoms with Crippen molar-refractivity contribution in [3.63, 3.8) is 0 Å². The van der Waals surface area contributed by atoms with Crippen LogP contribution in [0.3, 0.4) is 0 Å². The zero-order valence-electron chi connectivity index (χ0n) is 11.9. The molecule has 4 aromatic rings. The number of benzene rings is 2. The summed E-state index contributed by atoms with van der Waals surface area (Å²) < 4.78 is 24.5. The quantitative estimate of drug-likeness (QED) is 0.535. The number of hydrogen-bond acceptors (Lipinski definition) is 5. The van der Waals surface area contributed by atoms with E-state index in [1.165, 1.54) is 12.1 Å². The van der Waals surface area contributed by atoms with Crippen molar-refractivity contribution in [2.45, 2.75) is 6.92 Å². The SMILES string of the molecule is Cc1nc2cc(-c3noc(-c4c(F)cccc4Cl)n3)ccc2o1. The van der Waals surface area contributed by atoms with Gasteiger partial charge in [0.05, 0.1) is 10.6 Å². The molecular weight excluding hydrogens is 321 g/mol. The molecule has 7 heteroatoms. The first kappa shape index (κ1) is 13.9. The second-order valence-electron chi connectivity index (χ2n) is 4.94. The first-order valence-corrected chi connectivity index (χ1v) is 7.15. The number of fused-ring (bicyclic) bond motifs is 1. The van der Waals surface area contributed by atoms with E-state index < -0.39 is 5.82 Å². The molecule has 0 atom stereocenters. The molecule has 23 heavy (non-hydrogen) atoms. The molecular formula is C16H9ClFN3O2. The highest BCUT2D eigenvalue weighted by Gasteiger charge is 2.18. The molecule has 5 nitrogen and oxygen atoms in total. The second-order valence-corrected chi connectivity index (χ2v) is 5.34. The molecule has 2 aromatic heterocycles. The Kier molecular flexibility index (Phi) is 3.12. The third kappa shape index (κ3) is 2.37. The lowest BCUT2D eigenvalue weighted by Gasteiger charge is -1.99. The van der Waals surface area contributed by atoms with Gasteiger partial charge in [0, 0.05) is 12.5 Å². The molecule has 2 heterocycles. The highest BCUT2D eigenvalue weighted by Crippen LogP contribution is 2.31. The van der Waals surface area contributed by atoms with Crippen molar-refractivity contribution in [3.05, 3.63) is 53.1 Å². The summed E-state index contributed by atoms with van der Waals surface area (Å²) in [6.07, 6.45) is 0. The zero-order chi connectivity index (χ0) is 16.0. The van der Waals surface area contributed by atoms with Crippen LogP contribution in [0.15, 0.2) is 45.3 Å². The topological polar surface area (TPSA) is 65.0 Å². The van der Waals surface area contributed by atoms with Crippen LogP contribution in [0.1, 0.15) is 5.89 Å². The fraction of sp³-hybridized carbons (Fsp3) is 0.0625. The Bertz CT molecular complexity index is 1010. The molecule has 0 saturated heterocycles. The van der Waals surface area contributed by atoms with Gasteiger partial charge in [-0.05, 0) is 30.3 Å². The Morgan fingerprint density at radius 2 is 2.00 bits per heavy atom. The standard InChI is InChI=1S/C16H9ClFN3O2/c1-8-19-12-7-9(5-6-13(12)22-8)15-20-16(23-21-15)14-10(17)3-2-4-11(14)18/h2-7H,1H3. The average molecular weight is 330 g/mol. The van der Waals surface area contributed by atoms with Crippen molar-refractivity contribution in [2.75, 3.05) is 0 Å². The Morgan fingerprint density at radius 3 is 2.83 bits per heavy atom. The Morgan fingerprint density at radius 1 is 1.13 bits per heavy atom. The zero-order valence-corrected chi connectivity index (χ0v) is 12.6. The lowest BCUT2D eigenvalue weighted by Crippen LogP contribution is -1.86. The fourth-order valence-electron chi connectivity index (χ4n) is 2.33. The van der Waals surface area contributed by atoms with E-state index in [-0.39, 0.29) is 16.5 Å². The minimum absolute atomic E-state index is 0.0273. The van der Waals surface area contributed by atoms with Crippen LogP contribution in [0.25, 0.3) is 33.9 Å². The lowest BCUT2D eigenvalue weighted by molar-refractivity contribution is 0.429. The number of oxazole rings is 1. The third-order valence-electron chi connectivity index (χ3n) is 3.36. The maximum atomic E-state index is 13.9. The molecule has 0 spiro atoms. The Hall–Kier alpha value is -2.73. The van der Waals surface area contributed by atoms with Crippen molar-refractivity contribution in [3.8, 4) is 22.8 Å². The average Bonchev–Trinajstić information content (AvgIpc) is 3.12. The molecule has 114 valence electrons. The van der Waals surface area contributed by atoms with Gasteiger partial charge in [-0.2, -0.15) is 4.98 Å². The molecule has 0 aliphatic heterocycles. The van der Waals surface area contributed by atoms with Gasteiger partial charge in [-0.1, -0.05) is 22.8 Å². The van der Waals surface area contributed by atoms with Crippen molar-refractivity contribution in [1.29, 1.82) is 0 Å². The van der Waals surface area contributed by atoms with E-state index in [0.29, 0.717) is 28.4 Å². The van der Waals surface area contributed by atoms with Gasteiger partial charge in [-0.3, -0.25) is 0 Å². The molecule has 0 N–H and O–H groups in total. The predicted molar refractivity (Wildman–Crippen MR) is 82.4 cm³/mol. The van der Waals surface area contributed by atoms with Gasteiger partial charge in [0.2, 0.25) is 5.82 Å². The number of nitrogens with zero attached hydrogens (tertiary/aromatic N) is 3. The number of aryl methyl sites for hydroxylation is 1. The molecule has 0 radical (unpaired) electrons. The minimum atomic E-state index is -0.518. The highest BCUT2D eigenvalue weighted by atomic mass is 35.5. The van der Waals surface area contributed by atoms with E-state index >= 15 is 0 Å². The summed E-state index contributed by atoms with van der Waals surface area (Å²) in [5, 5.41) is 4.10. The van der Waals surface area contributed by atoms with E-state index in [1.54, 1.807) is 31.2 Å². The van der Waals surface area contributed by atoms with Crippen molar-refractivity contribution in [1.82, 2.24) is 15.1 Å². The molecule has 0 unspecified atom stereocenters. The second kappa shape index (κ2) is 5.17. The van der Waals surface area contributed by atoms with E-state index in [2.05, 4.69) is 15.1 Å². The number of rotatable bonds is 2. The first-order valence-electron chi connectivity index (χ1n) is 6.77. The molecule has 0 amide bonds. The summed E-state index contributed by atoms with van der Waals surface area (Å²) in [5.74, 6) is 0.403. The number of aromatic nitrogens is 3. The molecule has 0 saturated carbocycles. The molecule has 2 aromatic carbocycles. The third-order valence-corrected chi connectivity index (χ3v) is 3.67. The summed E-state index contributed by atoms with van der Waals surface area (Å²) in [6, 6.07) is 9.70. The van der Waals surface area contributed by atoms with Crippen LogP contribution >= 0.6 is 11.6 Å². The summed E-state index contributed by atoms with van der Waals surface area (Å²) in [7, 11) is 0. The van der Waals surface area contributed by atoms with Crippen molar-refractivity contribution < 1.29 is 13.3 Å². The van der Waals surface area contributed by atoms with Crippen LogP contribution in [0.2, 0.25) is 5.02 Å². The molecule has 0 fully saturated rings. The van der Waals surface area contributed by atoms with Crippen LogP contribution in [-0.2, 0) is 0 Å². The van der Waals surface area contributed by atoms with E-state index in [9.17, 15) is 4.39 Å². The van der Waals surface area contributed by atoms with Gasteiger partial charge < -0.3 is 8.94 Å². The van der Waals surface area contributed by atoms with Crippen molar-refractivity contribution in [2.24, 2.45) is 0 Å². The summed E-state index contributed by atoms with van der Waals surface area (Å²) in [6.45, 7) is 1.77. The van der Waals surface area contributed by atoms with Crippen LogP contribution in [0, 0.1) is 12.7 Å². The highest BCUT2D eigenvalue weighted by molar-refractivity contribution is 6.33. The van der Waals surface area contributed by atoms with Gasteiger partial charge in [-0.25, -0.2) is 9.37 Å². The van der Waals surface area contributed by atoms with Crippen LogP contribution < -0.4 is 0 Å². The smallest absolute Gasteiger partial charge is 0.262 e. The van der Waals surface area contributed by atoms with Gasteiger partial charge in [-0.15, -0.1) is 0 Å². The van der Waals surface area contributed by atoms with Gasteiger partial charge in [0.15, 0.2) is 11.5 Å². The normalized spacial score (nSPS) is 11.3. The van der Waals surface area contributed by atoms with Crippen molar-refractivity contribution >= 4 is 22.7 Å². The van der Waals surface area contributed by atoms with Gasteiger partial charge in [0.25, 0.3) is 5.89 Å². The molecule has 0 aliphatic carbocycles. The van der Waals surface area contributed by atoms with Gasteiger partial charge >= 0.3 is 0 Å². The first-order chi connectivity index (χ1) is 11.1. The summed E-state index contributed by atoms with van der Waals surface area (Å²) in [4.78, 5) is 8.48. The largest absolute Gasteiger partial charge is 0.441 e. The molecule has 4 rings (SSSR count). The maximum absolute atomic E-state index is 13.9. The Balaban J connectivity index is 1.80. The predicted octanol–water partition coefficient (Wildman–Crippen LogP) is 4.65. The molecule has 0 aliphatic rings.